The summed E-state index contributed by atoms with van der Waals surface area (Å²) in [5.74, 6) is -0.204. The summed E-state index contributed by atoms with van der Waals surface area (Å²) in [4.78, 5) is 0. The van der Waals surface area contributed by atoms with Gasteiger partial charge in [-0.2, -0.15) is 0 Å². The van der Waals surface area contributed by atoms with Crippen LogP contribution in [-0.2, 0) is 11.2 Å². The van der Waals surface area contributed by atoms with Crippen molar-refractivity contribution in [2.45, 2.75) is 24.8 Å². The van der Waals surface area contributed by atoms with Crippen molar-refractivity contribution in [1.29, 1.82) is 0 Å². The van der Waals surface area contributed by atoms with E-state index in [1.54, 1.807) is 6.07 Å². The van der Waals surface area contributed by atoms with Crippen LogP contribution in [0, 0.1) is 5.82 Å². The number of nitrogens with two attached hydrogens (primary N) is 1. The van der Waals surface area contributed by atoms with E-state index < -0.39 is 5.54 Å². The minimum Gasteiger partial charge on any atom is -0.380 e. The second-order valence-corrected chi connectivity index (χ2v) is 5.35. The van der Waals surface area contributed by atoms with E-state index >= 15 is 0 Å². The lowest BCUT2D eigenvalue weighted by molar-refractivity contribution is 0.0379. The van der Waals surface area contributed by atoms with Crippen molar-refractivity contribution in [3.05, 3.63) is 34.1 Å². The summed E-state index contributed by atoms with van der Waals surface area (Å²) >= 11 is 3.24. The molecule has 16 heavy (non-hydrogen) atoms. The van der Waals surface area contributed by atoms with Gasteiger partial charge in [-0.3, -0.25) is 0 Å². The molecule has 1 heterocycles. The third kappa shape index (κ3) is 2.81. The first-order chi connectivity index (χ1) is 7.59. The zero-order chi connectivity index (χ0) is 11.6. The molecule has 88 valence electrons. The molecule has 1 saturated heterocycles. The number of hydrogen-bond donors (Lipinski definition) is 1. The van der Waals surface area contributed by atoms with Crippen molar-refractivity contribution in [3.8, 4) is 0 Å². The molecule has 0 aromatic heterocycles. The van der Waals surface area contributed by atoms with Crippen LogP contribution in [0.15, 0.2) is 22.7 Å². The zero-order valence-corrected chi connectivity index (χ0v) is 10.6. The molecule has 0 amide bonds. The molecule has 0 bridgehead atoms. The summed E-state index contributed by atoms with van der Waals surface area (Å²) in [6, 6.07) is 5.09. The normalized spacial score (nSPS) is 25.7. The summed E-state index contributed by atoms with van der Waals surface area (Å²) in [5, 5.41) is 0. The molecule has 2 rings (SSSR count). The van der Waals surface area contributed by atoms with Gasteiger partial charge in [0.05, 0.1) is 6.61 Å². The van der Waals surface area contributed by atoms with Gasteiger partial charge in [0.15, 0.2) is 0 Å². The number of ether oxygens (including phenoxy) is 1. The molecule has 1 unspecified atom stereocenters. The maximum absolute atomic E-state index is 13.6. The number of halogens is 2. The van der Waals surface area contributed by atoms with E-state index in [-0.39, 0.29) is 5.82 Å². The highest BCUT2D eigenvalue weighted by Gasteiger charge is 2.29. The largest absolute Gasteiger partial charge is 0.380 e. The monoisotopic (exact) mass is 287 g/mol. The van der Waals surface area contributed by atoms with E-state index in [1.165, 1.54) is 6.07 Å². The maximum atomic E-state index is 13.6. The van der Waals surface area contributed by atoms with Gasteiger partial charge in [0.2, 0.25) is 0 Å². The van der Waals surface area contributed by atoms with E-state index in [0.717, 1.165) is 23.9 Å². The molecule has 1 atom stereocenters. The van der Waals surface area contributed by atoms with Gasteiger partial charge in [0.25, 0.3) is 0 Å². The average molecular weight is 288 g/mol. The highest BCUT2D eigenvalue weighted by atomic mass is 79.9. The molecule has 1 aliphatic rings. The smallest absolute Gasteiger partial charge is 0.127 e. The Balaban J connectivity index is 2.13. The van der Waals surface area contributed by atoms with Gasteiger partial charge in [-0.05, 0) is 37.0 Å². The Kier molecular flexibility index (Phi) is 3.62. The van der Waals surface area contributed by atoms with Crippen molar-refractivity contribution in [2.24, 2.45) is 5.73 Å². The van der Waals surface area contributed by atoms with E-state index in [0.29, 0.717) is 18.6 Å². The molecule has 2 nitrogen and oxygen atoms in total. The summed E-state index contributed by atoms with van der Waals surface area (Å²) in [5.41, 5.74) is 6.45. The van der Waals surface area contributed by atoms with Crippen LogP contribution in [0.25, 0.3) is 0 Å². The number of hydrogen-bond acceptors (Lipinski definition) is 2. The summed E-state index contributed by atoms with van der Waals surface area (Å²) in [7, 11) is 0. The molecule has 2 N–H and O–H groups in total. The first-order valence-electron chi connectivity index (χ1n) is 5.40. The van der Waals surface area contributed by atoms with Crippen molar-refractivity contribution in [1.82, 2.24) is 0 Å². The van der Waals surface area contributed by atoms with E-state index in [2.05, 4.69) is 15.9 Å². The molecule has 0 saturated carbocycles. The molecular weight excluding hydrogens is 273 g/mol. The van der Waals surface area contributed by atoms with E-state index in [9.17, 15) is 4.39 Å². The fourth-order valence-corrected chi connectivity index (χ4v) is 2.39. The zero-order valence-electron chi connectivity index (χ0n) is 9.01. The minimum absolute atomic E-state index is 0.204. The Morgan fingerprint density at radius 1 is 1.50 bits per heavy atom. The van der Waals surface area contributed by atoms with Crippen molar-refractivity contribution < 1.29 is 9.13 Å². The molecule has 0 radical (unpaired) electrons. The van der Waals surface area contributed by atoms with Gasteiger partial charge in [-0.1, -0.05) is 22.0 Å². The third-order valence-corrected chi connectivity index (χ3v) is 3.40. The van der Waals surface area contributed by atoms with Gasteiger partial charge >= 0.3 is 0 Å². The first-order valence-corrected chi connectivity index (χ1v) is 6.19. The van der Waals surface area contributed by atoms with Gasteiger partial charge < -0.3 is 10.5 Å². The quantitative estimate of drug-likeness (QED) is 0.908. The highest BCUT2D eigenvalue weighted by Crippen LogP contribution is 2.24. The van der Waals surface area contributed by atoms with Crippen molar-refractivity contribution in [3.63, 3.8) is 0 Å². The average Bonchev–Trinajstić information content (AvgIpc) is 2.23. The SMILES string of the molecule is NC1(Cc2ccc(Br)cc2F)CCCOC1. The molecule has 1 aliphatic heterocycles. The Bertz CT molecular complexity index is 377. The molecule has 1 fully saturated rings. The van der Waals surface area contributed by atoms with Crippen LogP contribution in [0.1, 0.15) is 18.4 Å². The van der Waals surface area contributed by atoms with Crippen LogP contribution in [0.2, 0.25) is 0 Å². The second kappa shape index (κ2) is 4.82. The predicted octanol–water partition coefficient (Wildman–Crippen LogP) is 2.64. The van der Waals surface area contributed by atoms with Crippen molar-refractivity contribution >= 4 is 15.9 Å². The van der Waals surface area contributed by atoms with Gasteiger partial charge in [-0.25, -0.2) is 4.39 Å². The lowest BCUT2D eigenvalue weighted by atomic mass is 9.87. The van der Waals surface area contributed by atoms with Crippen molar-refractivity contribution in [2.75, 3.05) is 13.2 Å². The first kappa shape index (κ1) is 12.0. The maximum Gasteiger partial charge on any atom is 0.127 e. The predicted molar refractivity (Wildman–Crippen MR) is 64.8 cm³/mol. The third-order valence-electron chi connectivity index (χ3n) is 2.91. The van der Waals surface area contributed by atoms with Gasteiger partial charge in [-0.15, -0.1) is 0 Å². The molecule has 4 heteroatoms. The van der Waals surface area contributed by atoms with Gasteiger partial charge in [0, 0.05) is 16.6 Å². The van der Waals surface area contributed by atoms with Crippen LogP contribution >= 0.6 is 15.9 Å². The second-order valence-electron chi connectivity index (χ2n) is 4.43. The van der Waals surface area contributed by atoms with E-state index in [1.807, 2.05) is 6.07 Å². The molecular formula is C12H15BrFNO. The van der Waals surface area contributed by atoms with E-state index in [4.69, 9.17) is 10.5 Å². The minimum atomic E-state index is -0.410. The van der Waals surface area contributed by atoms with Crippen LogP contribution in [0.5, 0.6) is 0 Å². The molecule has 1 aromatic carbocycles. The Labute approximate surface area is 103 Å². The molecule has 1 aromatic rings. The molecule has 0 aliphatic carbocycles. The Morgan fingerprint density at radius 3 is 2.94 bits per heavy atom. The lowest BCUT2D eigenvalue weighted by Crippen LogP contribution is -2.49. The van der Waals surface area contributed by atoms with Gasteiger partial charge in [0.1, 0.15) is 5.82 Å². The summed E-state index contributed by atoms with van der Waals surface area (Å²) in [6.45, 7) is 1.28. The fourth-order valence-electron chi connectivity index (χ4n) is 2.06. The summed E-state index contributed by atoms with van der Waals surface area (Å²) < 4.78 is 19.8. The Hall–Kier alpha value is -0.450. The van der Waals surface area contributed by atoms with Crippen LogP contribution in [0.3, 0.4) is 0 Å². The standard InChI is InChI=1S/C12H15BrFNO/c13-10-3-2-9(11(14)6-10)7-12(15)4-1-5-16-8-12/h2-3,6H,1,4-5,7-8,15H2. The van der Waals surface area contributed by atoms with Crippen LogP contribution < -0.4 is 5.73 Å². The lowest BCUT2D eigenvalue weighted by Gasteiger charge is -2.33. The highest BCUT2D eigenvalue weighted by molar-refractivity contribution is 9.10. The number of benzene rings is 1. The topological polar surface area (TPSA) is 35.2 Å². The summed E-state index contributed by atoms with van der Waals surface area (Å²) in [6.07, 6.45) is 2.38. The molecule has 0 spiro atoms. The Morgan fingerprint density at radius 2 is 2.31 bits per heavy atom. The van der Waals surface area contributed by atoms with Crippen LogP contribution in [-0.4, -0.2) is 18.8 Å². The number of rotatable bonds is 2. The van der Waals surface area contributed by atoms with Crippen LogP contribution in [0.4, 0.5) is 4.39 Å². The fraction of sp³-hybridized carbons (Fsp3) is 0.500.